The van der Waals surface area contributed by atoms with Crippen molar-refractivity contribution >= 4 is 12.9 Å². The molecule has 0 aliphatic heterocycles. The molecule has 0 unspecified atom stereocenters. The van der Waals surface area contributed by atoms with Gasteiger partial charge in [-0.05, 0) is 6.92 Å². The second-order valence-electron chi connectivity index (χ2n) is 2.07. The normalized spacial score (nSPS) is 10.7. The molecule has 0 spiro atoms. The van der Waals surface area contributed by atoms with Gasteiger partial charge in [0.05, 0.1) is 6.20 Å². The molecule has 1 aromatic rings. The predicted molar refractivity (Wildman–Crippen MR) is 45.4 cm³/mol. The molecule has 58 valence electrons. The Labute approximate surface area is 65.3 Å². The van der Waals surface area contributed by atoms with E-state index in [4.69, 9.17) is 0 Å². The van der Waals surface area contributed by atoms with Crippen molar-refractivity contribution in [2.75, 3.05) is 7.05 Å². The predicted octanol–water partition coefficient (Wildman–Crippen LogP) is 0.704. The summed E-state index contributed by atoms with van der Waals surface area (Å²) in [4.78, 5) is 7.90. The molecule has 0 saturated carbocycles. The molecule has 0 N–H and O–H groups in total. The largest absolute Gasteiger partial charge is 0.294 e. The summed E-state index contributed by atoms with van der Waals surface area (Å²) < 4.78 is 1.63. The first-order valence-electron chi connectivity index (χ1n) is 3.23. The van der Waals surface area contributed by atoms with Crippen molar-refractivity contribution in [3.8, 4) is 0 Å². The maximum atomic E-state index is 4.04. The van der Waals surface area contributed by atoms with Crippen molar-refractivity contribution in [1.82, 2.24) is 9.66 Å². The van der Waals surface area contributed by atoms with E-state index in [0.29, 0.717) is 0 Å². The maximum absolute atomic E-state index is 4.04. The Kier molecular flexibility index (Phi) is 2.15. The Morgan fingerprint density at radius 2 is 2.45 bits per heavy atom. The molecule has 4 heteroatoms. The van der Waals surface area contributed by atoms with Gasteiger partial charge in [0.1, 0.15) is 11.5 Å². The standard InChI is InChI=1S/C7H10N4/c1-6-10-5-7(4-8-2)11(6)9-3/h4-5H,3H2,1-2H3/b8-4-. The zero-order valence-corrected chi connectivity index (χ0v) is 6.65. The number of aromatic nitrogens is 2. The van der Waals surface area contributed by atoms with Crippen LogP contribution in [0.15, 0.2) is 16.3 Å². The van der Waals surface area contributed by atoms with Crippen LogP contribution in [-0.2, 0) is 0 Å². The van der Waals surface area contributed by atoms with E-state index in [1.807, 2.05) is 6.92 Å². The van der Waals surface area contributed by atoms with Crippen LogP contribution >= 0.6 is 0 Å². The van der Waals surface area contributed by atoms with E-state index in [1.165, 1.54) is 0 Å². The molecule has 0 bridgehead atoms. The molecule has 1 rings (SSSR count). The second-order valence-corrected chi connectivity index (χ2v) is 2.07. The highest BCUT2D eigenvalue weighted by atomic mass is 15.4. The first kappa shape index (κ1) is 7.65. The molecule has 1 aromatic heterocycles. The van der Waals surface area contributed by atoms with Crippen LogP contribution in [0, 0.1) is 6.92 Å². The number of hydrogen-bond donors (Lipinski definition) is 0. The van der Waals surface area contributed by atoms with Gasteiger partial charge in [-0.1, -0.05) is 0 Å². The Balaban J connectivity index is 3.15. The van der Waals surface area contributed by atoms with E-state index in [0.717, 1.165) is 11.5 Å². The van der Waals surface area contributed by atoms with Crippen LogP contribution in [0.4, 0.5) is 0 Å². The first-order chi connectivity index (χ1) is 5.29. The summed E-state index contributed by atoms with van der Waals surface area (Å²) in [7, 11) is 1.70. The molecule has 0 aromatic carbocycles. The molecule has 0 aliphatic rings. The number of imidazole rings is 1. The van der Waals surface area contributed by atoms with Gasteiger partial charge in [-0.15, -0.1) is 0 Å². The monoisotopic (exact) mass is 150 g/mol. The SMILES string of the molecule is C=Nn1c(/C=N\C)cnc1C. The fraction of sp³-hybridized carbons (Fsp3) is 0.286. The fourth-order valence-corrected chi connectivity index (χ4v) is 0.860. The average Bonchev–Trinajstić information content (AvgIpc) is 2.33. The van der Waals surface area contributed by atoms with Crippen molar-refractivity contribution < 1.29 is 0 Å². The van der Waals surface area contributed by atoms with Crippen molar-refractivity contribution in [3.63, 3.8) is 0 Å². The molecule has 11 heavy (non-hydrogen) atoms. The lowest BCUT2D eigenvalue weighted by Gasteiger charge is -1.95. The minimum absolute atomic E-state index is 0.815. The van der Waals surface area contributed by atoms with Gasteiger partial charge in [0.15, 0.2) is 0 Å². The smallest absolute Gasteiger partial charge is 0.127 e. The highest BCUT2D eigenvalue weighted by Gasteiger charge is 2.00. The molecular weight excluding hydrogens is 140 g/mol. The second kappa shape index (κ2) is 3.09. The maximum Gasteiger partial charge on any atom is 0.127 e. The third-order valence-electron chi connectivity index (χ3n) is 1.34. The number of nitrogens with zero attached hydrogens (tertiary/aromatic N) is 4. The van der Waals surface area contributed by atoms with E-state index in [2.05, 4.69) is 21.8 Å². The summed E-state index contributed by atoms with van der Waals surface area (Å²) in [5.74, 6) is 0.815. The van der Waals surface area contributed by atoms with Crippen LogP contribution in [-0.4, -0.2) is 29.6 Å². The summed E-state index contributed by atoms with van der Waals surface area (Å²) in [5.41, 5.74) is 0.847. The van der Waals surface area contributed by atoms with Crippen molar-refractivity contribution in [1.29, 1.82) is 0 Å². The molecule has 0 aliphatic carbocycles. The molecule has 0 fully saturated rings. The zero-order valence-electron chi connectivity index (χ0n) is 6.65. The molecule has 0 amide bonds. The van der Waals surface area contributed by atoms with Gasteiger partial charge >= 0.3 is 0 Å². The lowest BCUT2D eigenvalue weighted by Crippen LogP contribution is -1.96. The van der Waals surface area contributed by atoms with Crippen LogP contribution < -0.4 is 0 Å². The summed E-state index contributed by atoms with van der Waals surface area (Å²) >= 11 is 0. The lowest BCUT2D eigenvalue weighted by atomic mass is 10.5. The van der Waals surface area contributed by atoms with Gasteiger partial charge in [-0.25, -0.2) is 9.66 Å². The average molecular weight is 150 g/mol. The fourth-order valence-electron chi connectivity index (χ4n) is 0.860. The molecule has 4 nitrogen and oxygen atoms in total. The Bertz CT molecular complexity index is 285. The highest BCUT2D eigenvalue weighted by molar-refractivity contribution is 5.77. The number of aliphatic imine (C=N–C) groups is 1. The van der Waals surface area contributed by atoms with E-state index in [-0.39, 0.29) is 0 Å². The van der Waals surface area contributed by atoms with E-state index < -0.39 is 0 Å². The number of rotatable bonds is 2. The quantitative estimate of drug-likeness (QED) is 0.572. The van der Waals surface area contributed by atoms with Crippen LogP contribution in [0.3, 0.4) is 0 Å². The summed E-state index contributed by atoms with van der Waals surface area (Å²) in [6.45, 7) is 5.28. The van der Waals surface area contributed by atoms with Crippen LogP contribution in [0.25, 0.3) is 0 Å². The zero-order chi connectivity index (χ0) is 8.27. The third kappa shape index (κ3) is 1.34. The summed E-state index contributed by atoms with van der Waals surface area (Å²) in [6.07, 6.45) is 3.39. The van der Waals surface area contributed by atoms with Gasteiger partial charge in [-0.2, -0.15) is 5.10 Å². The van der Waals surface area contributed by atoms with Gasteiger partial charge in [0, 0.05) is 20.0 Å². The minimum Gasteiger partial charge on any atom is -0.294 e. The van der Waals surface area contributed by atoms with E-state index in [9.17, 15) is 0 Å². The minimum atomic E-state index is 0.815. The molecule has 0 saturated heterocycles. The van der Waals surface area contributed by atoms with Gasteiger partial charge in [0.2, 0.25) is 0 Å². The Morgan fingerprint density at radius 1 is 1.73 bits per heavy atom. The molecule has 1 heterocycles. The van der Waals surface area contributed by atoms with E-state index >= 15 is 0 Å². The first-order valence-corrected chi connectivity index (χ1v) is 3.23. The van der Waals surface area contributed by atoms with Crippen LogP contribution in [0.2, 0.25) is 0 Å². The Hall–Kier alpha value is -1.45. The highest BCUT2D eigenvalue weighted by Crippen LogP contribution is 2.00. The van der Waals surface area contributed by atoms with Gasteiger partial charge in [-0.3, -0.25) is 4.99 Å². The van der Waals surface area contributed by atoms with Crippen molar-refractivity contribution in [2.45, 2.75) is 6.92 Å². The van der Waals surface area contributed by atoms with Crippen molar-refractivity contribution in [2.24, 2.45) is 10.1 Å². The summed E-state index contributed by atoms with van der Waals surface area (Å²) in [6, 6.07) is 0. The molecule has 0 atom stereocenters. The third-order valence-corrected chi connectivity index (χ3v) is 1.34. The van der Waals surface area contributed by atoms with Gasteiger partial charge in [0.25, 0.3) is 0 Å². The van der Waals surface area contributed by atoms with Crippen LogP contribution in [0.5, 0.6) is 0 Å². The van der Waals surface area contributed by atoms with Crippen LogP contribution in [0.1, 0.15) is 11.5 Å². The summed E-state index contributed by atoms with van der Waals surface area (Å²) in [5, 5.41) is 3.76. The molecular formula is C7H10N4. The topological polar surface area (TPSA) is 42.5 Å². The van der Waals surface area contributed by atoms with E-state index in [1.54, 1.807) is 24.1 Å². The molecule has 0 radical (unpaired) electrons. The van der Waals surface area contributed by atoms with Gasteiger partial charge < -0.3 is 0 Å². The lowest BCUT2D eigenvalue weighted by molar-refractivity contribution is 0.829. The number of aryl methyl sites for hydroxylation is 1. The van der Waals surface area contributed by atoms with Crippen molar-refractivity contribution in [3.05, 3.63) is 17.7 Å². The Morgan fingerprint density at radius 3 is 3.00 bits per heavy atom. The number of hydrogen-bond acceptors (Lipinski definition) is 3.